The number of ether oxygens (including phenoxy) is 1. The Morgan fingerprint density at radius 3 is 2.62 bits per heavy atom. The average molecular weight is 315 g/mol. The second-order valence-electron chi connectivity index (χ2n) is 6.10. The number of hydrogen-bond donors (Lipinski definition) is 0. The van der Waals surface area contributed by atoms with Crippen molar-refractivity contribution in [2.75, 3.05) is 6.54 Å². The molecule has 0 unspecified atom stereocenters. The second kappa shape index (κ2) is 5.42. The predicted molar refractivity (Wildman–Crippen MR) is 76.0 cm³/mol. The molecule has 0 N–H and O–H groups in total. The van der Waals surface area contributed by atoms with Gasteiger partial charge in [-0.05, 0) is 39.7 Å². The van der Waals surface area contributed by atoms with Crippen molar-refractivity contribution in [1.29, 1.82) is 0 Å². The summed E-state index contributed by atoms with van der Waals surface area (Å²) in [5.74, 6) is -0.495. The quantitative estimate of drug-likeness (QED) is 0.775. The van der Waals surface area contributed by atoms with E-state index < -0.39 is 27.6 Å². The summed E-state index contributed by atoms with van der Waals surface area (Å²) in [4.78, 5) is 12.2. The van der Waals surface area contributed by atoms with E-state index in [4.69, 9.17) is 4.74 Å². The van der Waals surface area contributed by atoms with Crippen LogP contribution in [0.3, 0.4) is 0 Å². The molecule has 1 fully saturated rings. The normalized spacial score (nSPS) is 20.7. The van der Waals surface area contributed by atoms with E-state index in [-0.39, 0.29) is 5.03 Å². The molecular weight excluding hydrogens is 294 g/mol. The summed E-state index contributed by atoms with van der Waals surface area (Å²) in [5, 5.41) is 3.96. The highest BCUT2D eigenvalue weighted by atomic mass is 32.2. The Morgan fingerprint density at radius 1 is 1.43 bits per heavy atom. The fourth-order valence-corrected chi connectivity index (χ4v) is 4.12. The Balaban J connectivity index is 2.27. The number of esters is 1. The minimum absolute atomic E-state index is 0.0814. The number of hydrogen-bond acceptors (Lipinski definition) is 5. The molecule has 1 aliphatic heterocycles. The molecule has 0 spiro atoms. The molecule has 7 nitrogen and oxygen atoms in total. The van der Waals surface area contributed by atoms with Gasteiger partial charge in [0.05, 0.1) is 6.20 Å². The molecule has 21 heavy (non-hydrogen) atoms. The van der Waals surface area contributed by atoms with E-state index in [0.717, 1.165) is 0 Å². The van der Waals surface area contributed by atoms with Gasteiger partial charge in [-0.1, -0.05) is 0 Å². The summed E-state index contributed by atoms with van der Waals surface area (Å²) >= 11 is 0. The minimum atomic E-state index is -3.74. The molecule has 1 aliphatic rings. The number of sulfonamides is 1. The Kier molecular flexibility index (Phi) is 4.12. The van der Waals surface area contributed by atoms with Crippen LogP contribution in [0.4, 0.5) is 0 Å². The Morgan fingerprint density at radius 2 is 2.10 bits per heavy atom. The van der Waals surface area contributed by atoms with Gasteiger partial charge in [-0.3, -0.25) is 9.48 Å². The van der Waals surface area contributed by atoms with Crippen molar-refractivity contribution in [2.45, 2.75) is 50.3 Å². The molecule has 8 heteroatoms. The molecule has 0 radical (unpaired) electrons. The predicted octanol–water partition coefficient (Wildman–Crippen LogP) is 0.915. The fraction of sp³-hybridized carbons (Fsp3) is 0.692. The molecule has 0 aliphatic carbocycles. The third kappa shape index (κ3) is 3.26. The number of carbonyl (C=O) groups excluding carboxylic acids is 1. The van der Waals surface area contributed by atoms with Crippen LogP contribution in [0.25, 0.3) is 0 Å². The van der Waals surface area contributed by atoms with E-state index in [1.807, 2.05) is 0 Å². The zero-order chi connectivity index (χ0) is 15.8. The van der Waals surface area contributed by atoms with Crippen LogP contribution in [0.5, 0.6) is 0 Å². The van der Waals surface area contributed by atoms with Crippen LogP contribution in [0, 0.1) is 0 Å². The molecule has 118 valence electrons. The van der Waals surface area contributed by atoms with Gasteiger partial charge in [-0.25, -0.2) is 8.42 Å². The molecule has 0 aromatic carbocycles. The van der Waals surface area contributed by atoms with Crippen molar-refractivity contribution >= 4 is 16.0 Å². The molecule has 0 saturated carbocycles. The van der Waals surface area contributed by atoms with Crippen LogP contribution in [0.15, 0.2) is 17.3 Å². The van der Waals surface area contributed by atoms with Crippen LogP contribution < -0.4 is 0 Å². The summed E-state index contributed by atoms with van der Waals surface area (Å²) in [5.41, 5.74) is -0.637. The zero-order valence-corrected chi connectivity index (χ0v) is 13.6. The molecule has 2 heterocycles. The summed E-state index contributed by atoms with van der Waals surface area (Å²) in [7, 11) is -2.18. The van der Waals surface area contributed by atoms with Crippen molar-refractivity contribution in [2.24, 2.45) is 7.05 Å². The van der Waals surface area contributed by atoms with Crippen LogP contribution in [0.1, 0.15) is 33.6 Å². The average Bonchev–Trinajstić information content (AvgIpc) is 2.94. The highest BCUT2D eigenvalue weighted by Gasteiger charge is 2.42. The summed E-state index contributed by atoms with van der Waals surface area (Å²) < 4.78 is 33.1. The van der Waals surface area contributed by atoms with Gasteiger partial charge >= 0.3 is 5.97 Å². The molecule has 1 atom stereocenters. The topological polar surface area (TPSA) is 81.5 Å². The van der Waals surface area contributed by atoms with E-state index in [0.29, 0.717) is 19.4 Å². The summed E-state index contributed by atoms with van der Waals surface area (Å²) in [6.07, 6.45) is 2.54. The van der Waals surface area contributed by atoms with Crippen molar-refractivity contribution in [3.63, 3.8) is 0 Å². The van der Waals surface area contributed by atoms with Crippen molar-refractivity contribution in [3.05, 3.63) is 12.3 Å². The van der Waals surface area contributed by atoms with Gasteiger partial charge in [0.15, 0.2) is 5.03 Å². The maximum atomic E-state index is 12.7. The van der Waals surface area contributed by atoms with E-state index in [2.05, 4.69) is 5.10 Å². The molecule has 0 bridgehead atoms. The van der Waals surface area contributed by atoms with Gasteiger partial charge in [-0.15, -0.1) is 0 Å². The first kappa shape index (κ1) is 16.0. The van der Waals surface area contributed by atoms with E-state index >= 15 is 0 Å². The maximum Gasteiger partial charge on any atom is 0.324 e. The smallest absolute Gasteiger partial charge is 0.324 e. The first-order valence-electron chi connectivity index (χ1n) is 6.85. The van der Waals surface area contributed by atoms with Gasteiger partial charge in [-0.2, -0.15) is 9.40 Å². The molecular formula is C13H21N3O4S. The number of rotatable bonds is 3. The van der Waals surface area contributed by atoms with Crippen LogP contribution in [-0.4, -0.2) is 46.7 Å². The molecule has 2 rings (SSSR count). The lowest BCUT2D eigenvalue weighted by atomic mass is 10.2. The van der Waals surface area contributed by atoms with Crippen molar-refractivity contribution in [1.82, 2.24) is 14.1 Å². The zero-order valence-electron chi connectivity index (χ0n) is 12.7. The maximum absolute atomic E-state index is 12.7. The number of aromatic nitrogens is 2. The van der Waals surface area contributed by atoms with Gasteiger partial charge in [0.2, 0.25) is 0 Å². The Labute approximate surface area is 124 Å². The van der Waals surface area contributed by atoms with Crippen molar-refractivity contribution in [3.8, 4) is 0 Å². The fourth-order valence-electron chi connectivity index (χ4n) is 2.37. The van der Waals surface area contributed by atoms with Crippen LogP contribution in [0.2, 0.25) is 0 Å². The van der Waals surface area contributed by atoms with E-state index in [9.17, 15) is 13.2 Å². The van der Waals surface area contributed by atoms with Crippen molar-refractivity contribution < 1.29 is 17.9 Å². The molecule has 0 amide bonds. The monoisotopic (exact) mass is 315 g/mol. The Bertz CT molecular complexity index is 630. The van der Waals surface area contributed by atoms with Gasteiger partial charge in [0.1, 0.15) is 11.6 Å². The third-order valence-corrected chi connectivity index (χ3v) is 5.21. The number of nitrogens with zero attached hydrogens (tertiary/aromatic N) is 3. The lowest BCUT2D eigenvalue weighted by molar-refractivity contribution is -0.158. The first-order chi connectivity index (χ1) is 9.63. The summed E-state index contributed by atoms with van der Waals surface area (Å²) in [6, 6.07) is 0.670. The highest BCUT2D eigenvalue weighted by Crippen LogP contribution is 2.27. The SMILES string of the molecule is Cn1nccc1S(=O)(=O)N1CCC[C@@H]1C(=O)OC(C)(C)C. The van der Waals surface area contributed by atoms with E-state index in [1.54, 1.807) is 27.8 Å². The lowest BCUT2D eigenvalue weighted by Gasteiger charge is -2.26. The van der Waals surface area contributed by atoms with Gasteiger partial charge in [0, 0.05) is 13.6 Å². The molecule has 1 aromatic rings. The molecule has 1 saturated heterocycles. The largest absolute Gasteiger partial charge is 0.459 e. The Hall–Kier alpha value is -1.41. The standard InChI is InChI=1S/C13H21N3O4S/c1-13(2,3)20-12(17)10-6-5-9-16(10)21(18,19)11-7-8-14-15(11)4/h7-8,10H,5-6,9H2,1-4H3/t10-/m1/s1. The van der Waals surface area contributed by atoms with Gasteiger partial charge < -0.3 is 4.74 Å². The third-order valence-electron chi connectivity index (χ3n) is 3.23. The van der Waals surface area contributed by atoms with Crippen LogP contribution >= 0.6 is 0 Å². The number of carbonyl (C=O) groups is 1. The first-order valence-corrected chi connectivity index (χ1v) is 8.29. The van der Waals surface area contributed by atoms with Gasteiger partial charge in [0.25, 0.3) is 10.0 Å². The highest BCUT2D eigenvalue weighted by molar-refractivity contribution is 7.89. The lowest BCUT2D eigenvalue weighted by Crippen LogP contribution is -2.43. The molecule has 1 aromatic heterocycles. The summed E-state index contributed by atoms with van der Waals surface area (Å²) in [6.45, 7) is 5.61. The second-order valence-corrected chi connectivity index (χ2v) is 7.94. The van der Waals surface area contributed by atoms with Crippen LogP contribution in [-0.2, 0) is 26.6 Å². The minimum Gasteiger partial charge on any atom is -0.459 e. The van der Waals surface area contributed by atoms with E-state index in [1.165, 1.54) is 21.3 Å². The number of aryl methyl sites for hydroxylation is 1.